The summed E-state index contributed by atoms with van der Waals surface area (Å²) in [6.07, 6.45) is 1.22. The number of hydrogen-bond donors (Lipinski definition) is 1. The zero-order chi connectivity index (χ0) is 12.6. The Bertz CT molecular complexity index is 452. The van der Waals surface area contributed by atoms with Crippen LogP contribution in [0.15, 0.2) is 18.2 Å². The number of anilines is 1. The molecule has 2 N–H and O–H groups in total. The van der Waals surface area contributed by atoms with E-state index in [1.54, 1.807) is 0 Å². The van der Waals surface area contributed by atoms with Gasteiger partial charge >= 0.3 is 0 Å². The van der Waals surface area contributed by atoms with Gasteiger partial charge in [0, 0.05) is 24.3 Å². The highest BCUT2D eigenvalue weighted by Crippen LogP contribution is 2.34. The van der Waals surface area contributed by atoms with Crippen LogP contribution in [0.4, 0.5) is 5.69 Å². The number of nitrogens with zero attached hydrogens (tertiary/aromatic N) is 1. The van der Waals surface area contributed by atoms with E-state index in [1.165, 1.54) is 17.7 Å². The summed E-state index contributed by atoms with van der Waals surface area (Å²) >= 11 is 5.15. The van der Waals surface area contributed by atoms with Crippen LogP contribution < -0.4 is 10.6 Å². The molecule has 0 radical (unpaired) electrons. The Morgan fingerprint density at radius 2 is 2.12 bits per heavy atom. The molecule has 1 aromatic carbocycles. The lowest BCUT2D eigenvalue weighted by atomic mass is 9.93. The lowest BCUT2D eigenvalue weighted by Gasteiger charge is -2.24. The van der Waals surface area contributed by atoms with Crippen molar-refractivity contribution < 1.29 is 0 Å². The van der Waals surface area contributed by atoms with E-state index in [0.29, 0.717) is 10.4 Å². The van der Waals surface area contributed by atoms with Crippen LogP contribution in [-0.4, -0.2) is 18.1 Å². The standard InChI is InChI=1S/C14H20N2S/c1-10-4-5-12(11(8-10)13(15)17)16-7-6-14(2,3)9-16/h4-5,8H,6-7,9H2,1-3H3,(H2,15,17). The minimum Gasteiger partial charge on any atom is -0.389 e. The third kappa shape index (κ3) is 2.60. The van der Waals surface area contributed by atoms with Crippen LogP contribution >= 0.6 is 12.2 Å². The summed E-state index contributed by atoms with van der Waals surface area (Å²) in [7, 11) is 0. The molecule has 2 nitrogen and oxygen atoms in total. The average molecular weight is 248 g/mol. The first-order valence-electron chi connectivity index (χ1n) is 6.04. The SMILES string of the molecule is Cc1ccc(N2CCC(C)(C)C2)c(C(N)=S)c1. The first kappa shape index (κ1) is 12.4. The van der Waals surface area contributed by atoms with Gasteiger partial charge in [0.05, 0.1) is 0 Å². The van der Waals surface area contributed by atoms with Crippen LogP contribution in [0.25, 0.3) is 0 Å². The predicted octanol–water partition coefficient (Wildman–Crippen LogP) is 2.87. The number of aryl methyl sites for hydroxylation is 1. The van der Waals surface area contributed by atoms with Crippen molar-refractivity contribution in [1.82, 2.24) is 0 Å². The Balaban J connectivity index is 2.36. The summed E-state index contributed by atoms with van der Waals surface area (Å²) in [4.78, 5) is 2.89. The molecule has 3 heteroatoms. The molecule has 0 bridgehead atoms. The maximum atomic E-state index is 5.82. The Hall–Kier alpha value is -1.09. The fourth-order valence-electron chi connectivity index (χ4n) is 2.44. The number of benzene rings is 1. The average Bonchev–Trinajstić information content (AvgIpc) is 2.58. The molecular weight excluding hydrogens is 228 g/mol. The van der Waals surface area contributed by atoms with Gasteiger partial charge in [-0.1, -0.05) is 37.7 Å². The molecule has 2 rings (SSSR count). The molecule has 0 amide bonds. The zero-order valence-electron chi connectivity index (χ0n) is 10.8. The van der Waals surface area contributed by atoms with Gasteiger partial charge in [-0.15, -0.1) is 0 Å². The maximum Gasteiger partial charge on any atom is 0.106 e. The quantitative estimate of drug-likeness (QED) is 0.816. The summed E-state index contributed by atoms with van der Waals surface area (Å²) in [5, 5.41) is 0. The lowest BCUT2D eigenvalue weighted by Crippen LogP contribution is -2.25. The number of rotatable bonds is 2. The predicted molar refractivity (Wildman–Crippen MR) is 77.7 cm³/mol. The Labute approximate surface area is 109 Å². The lowest BCUT2D eigenvalue weighted by molar-refractivity contribution is 0.418. The molecule has 0 saturated carbocycles. The van der Waals surface area contributed by atoms with Crippen LogP contribution in [0.3, 0.4) is 0 Å². The van der Waals surface area contributed by atoms with Gasteiger partial charge in [0.25, 0.3) is 0 Å². The van der Waals surface area contributed by atoms with Gasteiger partial charge in [-0.2, -0.15) is 0 Å². The first-order chi connectivity index (χ1) is 7.89. The molecule has 0 unspecified atom stereocenters. The molecule has 17 heavy (non-hydrogen) atoms. The monoisotopic (exact) mass is 248 g/mol. The van der Waals surface area contributed by atoms with Crippen molar-refractivity contribution in [2.24, 2.45) is 11.1 Å². The number of nitrogens with two attached hydrogens (primary N) is 1. The van der Waals surface area contributed by atoms with Crippen molar-refractivity contribution in [2.75, 3.05) is 18.0 Å². The summed E-state index contributed by atoms with van der Waals surface area (Å²) in [6.45, 7) is 8.85. The number of thiocarbonyl (C=S) groups is 1. The van der Waals surface area contributed by atoms with Gasteiger partial charge < -0.3 is 10.6 Å². The smallest absolute Gasteiger partial charge is 0.106 e. The van der Waals surface area contributed by atoms with E-state index in [4.69, 9.17) is 18.0 Å². The molecule has 92 valence electrons. The van der Waals surface area contributed by atoms with Crippen molar-refractivity contribution in [1.29, 1.82) is 0 Å². The van der Waals surface area contributed by atoms with E-state index in [2.05, 4.69) is 43.9 Å². The Morgan fingerprint density at radius 1 is 1.41 bits per heavy atom. The summed E-state index contributed by atoms with van der Waals surface area (Å²) in [6, 6.07) is 6.36. The van der Waals surface area contributed by atoms with E-state index in [9.17, 15) is 0 Å². The van der Waals surface area contributed by atoms with Crippen LogP contribution in [-0.2, 0) is 0 Å². The third-order valence-corrected chi connectivity index (χ3v) is 3.66. The fourth-order valence-corrected chi connectivity index (χ4v) is 2.60. The van der Waals surface area contributed by atoms with Crippen LogP contribution in [0, 0.1) is 12.3 Å². The molecule has 1 saturated heterocycles. The second-order valence-electron chi connectivity index (χ2n) is 5.72. The van der Waals surface area contributed by atoms with Gasteiger partial charge in [-0.25, -0.2) is 0 Å². The van der Waals surface area contributed by atoms with Crippen LogP contribution in [0.1, 0.15) is 31.4 Å². The summed E-state index contributed by atoms with van der Waals surface area (Å²) in [5.74, 6) is 0. The molecule has 1 fully saturated rings. The number of hydrogen-bond acceptors (Lipinski definition) is 2. The van der Waals surface area contributed by atoms with E-state index < -0.39 is 0 Å². The van der Waals surface area contributed by atoms with E-state index in [0.717, 1.165) is 18.7 Å². The van der Waals surface area contributed by atoms with Gasteiger partial charge in [0.2, 0.25) is 0 Å². The molecule has 0 aliphatic carbocycles. The van der Waals surface area contributed by atoms with Crippen LogP contribution in [0.2, 0.25) is 0 Å². The van der Waals surface area contributed by atoms with Crippen molar-refractivity contribution in [3.63, 3.8) is 0 Å². The highest BCUT2D eigenvalue weighted by molar-refractivity contribution is 7.80. The molecule has 1 aromatic rings. The first-order valence-corrected chi connectivity index (χ1v) is 6.45. The second kappa shape index (κ2) is 4.30. The molecule has 0 spiro atoms. The molecule has 0 atom stereocenters. The minimum absolute atomic E-state index is 0.387. The van der Waals surface area contributed by atoms with Crippen molar-refractivity contribution >= 4 is 22.9 Å². The van der Waals surface area contributed by atoms with E-state index in [-0.39, 0.29) is 0 Å². The molecule has 1 heterocycles. The molecule has 1 aliphatic rings. The topological polar surface area (TPSA) is 29.3 Å². The normalized spacial score (nSPS) is 18.4. The van der Waals surface area contributed by atoms with E-state index in [1.807, 2.05) is 0 Å². The largest absolute Gasteiger partial charge is 0.389 e. The highest BCUT2D eigenvalue weighted by Gasteiger charge is 2.30. The fraction of sp³-hybridized carbons (Fsp3) is 0.500. The second-order valence-corrected chi connectivity index (χ2v) is 6.16. The van der Waals surface area contributed by atoms with Gasteiger partial charge in [-0.05, 0) is 30.9 Å². The summed E-state index contributed by atoms with van der Waals surface area (Å²) in [5.41, 5.74) is 9.61. The molecule has 0 aromatic heterocycles. The third-order valence-electron chi connectivity index (χ3n) is 3.44. The van der Waals surface area contributed by atoms with E-state index >= 15 is 0 Å². The molecule has 1 aliphatic heterocycles. The van der Waals surface area contributed by atoms with Crippen LogP contribution in [0.5, 0.6) is 0 Å². The zero-order valence-corrected chi connectivity index (χ0v) is 11.6. The highest BCUT2D eigenvalue weighted by atomic mass is 32.1. The minimum atomic E-state index is 0.387. The van der Waals surface area contributed by atoms with Crippen molar-refractivity contribution in [3.8, 4) is 0 Å². The van der Waals surface area contributed by atoms with Crippen molar-refractivity contribution in [3.05, 3.63) is 29.3 Å². The van der Waals surface area contributed by atoms with Gasteiger partial charge in [0.15, 0.2) is 0 Å². The van der Waals surface area contributed by atoms with Crippen molar-refractivity contribution in [2.45, 2.75) is 27.2 Å². The van der Waals surface area contributed by atoms with Gasteiger partial charge in [-0.3, -0.25) is 0 Å². The summed E-state index contributed by atoms with van der Waals surface area (Å²) < 4.78 is 0. The van der Waals surface area contributed by atoms with Gasteiger partial charge in [0.1, 0.15) is 4.99 Å². The maximum absolute atomic E-state index is 5.82. The Kier molecular flexibility index (Phi) is 3.13. The molecular formula is C14H20N2S. The Morgan fingerprint density at radius 3 is 2.65 bits per heavy atom.